The van der Waals surface area contributed by atoms with Gasteiger partial charge in [-0.15, -0.1) is 0 Å². The molecule has 0 radical (unpaired) electrons. The Hall–Kier alpha value is -4.92. The molecule has 59 heavy (non-hydrogen) atoms. The van der Waals surface area contributed by atoms with Crippen LogP contribution in [0.2, 0.25) is 0 Å². The number of hydrogen-bond acceptors (Lipinski definition) is 2. The van der Waals surface area contributed by atoms with Crippen molar-refractivity contribution in [1.29, 1.82) is 0 Å². The summed E-state index contributed by atoms with van der Waals surface area (Å²) in [6, 6.07) is 33.6. The standard InChI is InChI=1S/C29H36O.C28H34O/c1-3-5-7-8-24-11-17-27(18-12-24)28-19-13-25(14-20-28)9-10-26-15-21-29(22-16-26)30-23-6-4-2;1-3-5-6-7-23-10-16-26(17-11-23)27-18-12-24(13-19-27)8-9-25-14-20-28(21-15-25)29-22-4-2/h13-17,19-22,24H,3-8,11-12,18,23H2,1-2H3;12-16,18-21,23H,3-7,10-11,17,22H2,1-2H3. The molecule has 6 rings (SSSR count). The molecular weight excluding hydrogens is 717 g/mol. The van der Waals surface area contributed by atoms with Crippen LogP contribution < -0.4 is 9.47 Å². The third kappa shape index (κ3) is 16.3. The molecule has 0 fully saturated rings. The van der Waals surface area contributed by atoms with Crippen molar-refractivity contribution < 1.29 is 9.47 Å². The lowest BCUT2D eigenvalue weighted by molar-refractivity contribution is 0.309. The number of benzene rings is 4. The molecule has 2 aliphatic carbocycles. The van der Waals surface area contributed by atoms with E-state index in [1.807, 2.05) is 48.5 Å². The number of allylic oxidation sites excluding steroid dienone is 4. The summed E-state index contributed by atoms with van der Waals surface area (Å²) in [5.41, 5.74) is 9.91. The maximum Gasteiger partial charge on any atom is 0.119 e. The molecule has 0 bridgehead atoms. The summed E-state index contributed by atoms with van der Waals surface area (Å²) < 4.78 is 11.3. The summed E-state index contributed by atoms with van der Waals surface area (Å²) in [6.45, 7) is 10.4. The van der Waals surface area contributed by atoms with Crippen molar-refractivity contribution in [1.82, 2.24) is 0 Å². The van der Waals surface area contributed by atoms with Crippen molar-refractivity contribution in [2.75, 3.05) is 13.2 Å². The summed E-state index contributed by atoms with van der Waals surface area (Å²) in [6.07, 6.45) is 26.8. The molecule has 4 aromatic carbocycles. The zero-order valence-electron chi connectivity index (χ0n) is 36.8. The van der Waals surface area contributed by atoms with Crippen LogP contribution in [-0.4, -0.2) is 13.2 Å². The van der Waals surface area contributed by atoms with Gasteiger partial charge in [0.1, 0.15) is 11.5 Å². The number of ether oxygens (including phenoxy) is 2. The average molecular weight is 787 g/mol. The minimum Gasteiger partial charge on any atom is -0.494 e. The summed E-state index contributed by atoms with van der Waals surface area (Å²) in [5.74, 6) is 16.7. The molecule has 4 aromatic rings. The molecule has 2 aliphatic rings. The fraction of sp³-hybridized carbons (Fsp3) is 0.439. The van der Waals surface area contributed by atoms with Gasteiger partial charge in [-0.25, -0.2) is 0 Å². The Bertz CT molecular complexity index is 1970. The summed E-state index contributed by atoms with van der Waals surface area (Å²) in [7, 11) is 0. The highest BCUT2D eigenvalue weighted by molar-refractivity contribution is 5.68. The molecule has 0 aromatic heterocycles. The molecule has 0 aliphatic heterocycles. The molecule has 0 amide bonds. The second-order valence-electron chi connectivity index (χ2n) is 16.5. The van der Waals surface area contributed by atoms with E-state index in [-0.39, 0.29) is 0 Å². The molecule has 0 N–H and O–H groups in total. The van der Waals surface area contributed by atoms with Crippen LogP contribution in [0.1, 0.15) is 170 Å². The molecule has 0 spiro atoms. The Balaban J connectivity index is 0.000000224. The maximum absolute atomic E-state index is 5.71. The first-order valence-corrected chi connectivity index (χ1v) is 23.1. The Kier molecular flexibility index (Phi) is 20.1. The van der Waals surface area contributed by atoms with Gasteiger partial charge in [-0.3, -0.25) is 0 Å². The quantitative estimate of drug-likeness (QED) is 0.0784. The van der Waals surface area contributed by atoms with Crippen LogP contribution in [0.25, 0.3) is 11.1 Å². The van der Waals surface area contributed by atoms with E-state index in [1.165, 1.54) is 112 Å². The number of rotatable bonds is 17. The summed E-state index contributed by atoms with van der Waals surface area (Å²) in [4.78, 5) is 0. The van der Waals surface area contributed by atoms with Gasteiger partial charge >= 0.3 is 0 Å². The second kappa shape index (κ2) is 26.2. The Labute approximate surface area is 358 Å². The topological polar surface area (TPSA) is 18.5 Å². The first kappa shape index (κ1) is 45.2. The fourth-order valence-corrected chi connectivity index (χ4v) is 7.84. The molecule has 2 unspecified atom stereocenters. The monoisotopic (exact) mass is 787 g/mol. The van der Waals surface area contributed by atoms with Gasteiger partial charge in [0.2, 0.25) is 0 Å². The van der Waals surface area contributed by atoms with E-state index in [4.69, 9.17) is 9.47 Å². The molecule has 2 heteroatoms. The lowest BCUT2D eigenvalue weighted by Crippen LogP contribution is -2.05. The van der Waals surface area contributed by atoms with Gasteiger partial charge in [-0.2, -0.15) is 0 Å². The van der Waals surface area contributed by atoms with Gasteiger partial charge < -0.3 is 9.47 Å². The van der Waals surface area contributed by atoms with Crippen LogP contribution in [0.3, 0.4) is 0 Å². The Morgan fingerprint density at radius 3 is 1.14 bits per heavy atom. The van der Waals surface area contributed by atoms with E-state index in [0.717, 1.165) is 78.1 Å². The van der Waals surface area contributed by atoms with Crippen LogP contribution in [0.4, 0.5) is 0 Å². The van der Waals surface area contributed by atoms with Crippen molar-refractivity contribution in [3.63, 3.8) is 0 Å². The normalized spacial score (nSPS) is 15.9. The molecule has 0 heterocycles. The fourth-order valence-electron chi connectivity index (χ4n) is 7.84. The molecule has 2 nitrogen and oxygen atoms in total. The molecule has 0 saturated heterocycles. The first-order chi connectivity index (χ1) is 29.1. The Morgan fingerprint density at radius 1 is 0.424 bits per heavy atom. The van der Waals surface area contributed by atoms with Gasteiger partial charge in [0.15, 0.2) is 0 Å². The summed E-state index contributed by atoms with van der Waals surface area (Å²) >= 11 is 0. The first-order valence-electron chi connectivity index (χ1n) is 23.1. The van der Waals surface area contributed by atoms with E-state index in [1.54, 1.807) is 0 Å². The second-order valence-corrected chi connectivity index (χ2v) is 16.5. The van der Waals surface area contributed by atoms with Crippen LogP contribution in [-0.2, 0) is 0 Å². The van der Waals surface area contributed by atoms with Gasteiger partial charge in [-0.1, -0.05) is 146 Å². The smallest absolute Gasteiger partial charge is 0.119 e. The highest BCUT2D eigenvalue weighted by atomic mass is 16.5. The van der Waals surface area contributed by atoms with Gasteiger partial charge in [0, 0.05) is 22.3 Å². The van der Waals surface area contributed by atoms with Crippen molar-refractivity contribution in [3.05, 3.63) is 143 Å². The average Bonchev–Trinajstić information content (AvgIpc) is 3.29. The minimum absolute atomic E-state index is 0.757. The van der Waals surface area contributed by atoms with Gasteiger partial charge in [-0.05, 0) is 158 Å². The van der Waals surface area contributed by atoms with Crippen molar-refractivity contribution in [2.45, 2.75) is 137 Å². The van der Waals surface area contributed by atoms with E-state index in [0.29, 0.717) is 0 Å². The van der Waals surface area contributed by atoms with Crippen molar-refractivity contribution >= 4 is 11.1 Å². The van der Waals surface area contributed by atoms with Crippen LogP contribution in [0, 0.1) is 35.5 Å². The lowest BCUT2D eigenvalue weighted by atomic mass is 9.84. The van der Waals surface area contributed by atoms with Crippen LogP contribution in [0.5, 0.6) is 11.5 Å². The van der Waals surface area contributed by atoms with Crippen LogP contribution >= 0.6 is 0 Å². The minimum atomic E-state index is 0.757. The summed E-state index contributed by atoms with van der Waals surface area (Å²) in [5, 5.41) is 0. The maximum atomic E-state index is 5.71. The zero-order chi connectivity index (χ0) is 41.3. The molecule has 2 atom stereocenters. The van der Waals surface area contributed by atoms with E-state index >= 15 is 0 Å². The van der Waals surface area contributed by atoms with Crippen LogP contribution in [0.15, 0.2) is 109 Å². The predicted molar refractivity (Wildman–Crippen MR) is 253 cm³/mol. The van der Waals surface area contributed by atoms with Crippen molar-refractivity contribution in [2.24, 2.45) is 11.8 Å². The molecule has 310 valence electrons. The van der Waals surface area contributed by atoms with Gasteiger partial charge in [0.25, 0.3) is 0 Å². The van der Waals surface area contributed by atoms with E-state index in [9.17, 15) is 0 Å². The lowest BCUT2D eigenvalue weighted by Gasteiger charge is -2.22. The van der Waals surface area contributed by atoms with Gasteiger partial charge in [0.05, 0.1) is 13.2 Å². The Morgan fingerprint density at radius 2 is 0.797 bits per heavy atom. The molecular formula is C57H70O2. The third-order valence-corrected chi connectivity index (χ3v) is 11.6. The zero-order valence-corrected chi connectivity index (χ0v) is 36.8. The highest BCUT2D eigenvalue weighted by Gasteiger charge is 2.16. The number of unbranched alkanes of at least 4 members (excludes halogenated alkanes) is 5. The largest absolute Gasteiger partial charge is 0.494 e. The van der Waals surface area contributed by atoms with E-state index < -0.39 is 0 Å². The SMILES string of the molecule is CCCCCC1CC=C(c2ccc(C#Cc3ccc(OCCC)cc3)cc2)CC1.CCCCCC1CC=C(c2ccc(C#Cc3ccc(OCCCC)cc3)cc2)CC1. The third-order valence-electron chi connectivity index (χ3n) is 11.6. The molecule has 0 saturated carbocycles. The predicted octanol–water partition coefficient (Wildman–Crippen LogP) is 15.7. The number of hydrogen-bond donors (Lipinski definition) is 0. The van der Waals surface area contributed by atoms with E-state index in [2.05, 4.69) is 112 Å². The highest BCUT2D eigenvalue weighted by Crippen LogP contribution is 2.34. The van der Waals surface area contributed by atoms with Crippen molar-refractivity contribution in [3.8, 4) is 35.2 Å².